The number of hydrogen-bond acceptors (Lipinski definition) is 29. The first-order valence-corrected chi connectivity index (χ1v) is 49.0. The minimum Gasteiger partial charge on any atom is -0.508 e. The number of fused-ring (bicyclic) bond motifs is 4. The Balaban J connectivity index is 0.000000168. The molecule has 8 aromatic rings. The molecule has 14 N–H and O–H groups in total. The van der Waals surface area contributed by atoms with E-state index in [4.69, 9.17) is 71.1 Å². The van der Waals surface area contributed by atoms with Gasteiger partial charge in [-0.2, -0.15) is 0 Å². The number of methoxy groups -OCH3 is 7. The number of aromatic hydroxyl groups is 3. The van der Waals surface area contributed by atoms with Crippen LogP contribution in [0.5, 0.6) is 51.7 Å². The minimum atomic E-state index is -0.980. The van der Waals surface area contributed by atoms with E-state index in [1.165, 1.54) is 81.0 Å². The van der Waals surface area contributed by atoms with Crippen molar-refractivity contribution in [3.63, 3.8) is 0 Å². The Kier molecular flexibility index (Phi) is 38.8. The van der Waals surface area contributed by atoms with Crippen molar-refractivity contribution in [2.24, 2.45) is 71.0 Å². The number of aliphatic hydroxyl groups excluding tert-OH is 11. The van der Waals surface area contributed by atoms with Crippen molar-refractivity contribution in [3.05, 3.63) is 227 Å². The van der Waals surface area contributed by atoms with Crippen molar-refractivity contribution < 1.29 is 143 Å². The molecule has 141 heavy (non-hydrogen) atoms. The third-order valence-corrected chi connectivity index (χ3v) is 31.4. The third kappa shape index (κ3) is 24.4. The van der Waals surface area contributed by atoms with E-state index >= 15 is 0 Å². The van der Waals surface area contributed by atoms with E-state index in [2.05, 4.69) is 96.1 Å². The Morgan fingerprint density at radius 3 is 0.887 bits per heavy atom. The summed E-state index contributed by atoms with van der Waals surface area (Å²) in [5.41, 5.74) is 22.4. The molecule has 0 radical (unpaired) electrons. The molecule has 21 unspecified atom stereocenters. The van der Waals surface area contributed by atoms with Crippen molar-refractivity contribution in [2.75, 3.05) is 129 Å². The molecule has 0 amide bonds. The summed E-state index contributed by atoms with van der Waals surface area (Å²) in [6.45, 7) is 25.8. The van der Waals surface area contributed by atoms with Crippen LogP contribution >= 0.6 is 0 Å². The third-order valence-electron chi connectivity index (χ3n) is 31.4. The molecule has 4 saturated heterocycles. The highest BCUT2D eigenvalue weighted by molar-refractivity contribution is 5.57. The van der Waals surface area contributed by atoms with Crippen LogP contribution in [0.25, 0.3) is 0 Å². The van der Waals surface area contributed by atoms with Gasteiger partial charge in [-0.3, -0.25) is 0 Å². The second kappa shape index (κ2) is 49.4. The van der Waals surface area contributed by atoms with Gasteiger partial charge in [0.25, 0.3) is 0 Å². The van der Waals surface area contributed by atoms with Crippen molar-refractivity contribution in [3.8, 4) is 51.7 Å². The first kappa shape index (κ1) is 111. The zero-order valence-electron chi connectivity index (χ0n) is 84.3. The van der Waals surface area contributed by atoms with E-state index in [9.17, 15) is 71.5 Å². The van der Waals surface area contributed by atoms with Crippen LogP contribution in [-0.2, 0) is 68.3 Å². The lowest BCUT2D eigenvalue weighted by Crippen LogP contribution is -2.50. The summed E-state index contributed by atoms with van der Waals surface area (Å²) in [6, 6.07) is 38.0. The molecule has 8 aromatic carbocycles. The summed E-state index contributed by atoms with van der Waals surface area (Å²) in [7, 11) is 11.3. The van der Waals surface area contributed by atoms with Gasteiger partial charge in [-0.1, -0.05) is 102 Å². The maximum atomic E-state index is 10.7. The molecular weight excluding hydrogens is 1810 g/mol. The Morgan fingerprint density at radius 2 is 0.567 bits per heavy atom. The van der Waals surface area contributed by atoms with Crippen LogP contribution in [0.1, 0.15) is 170 Å². The summed E-state index contributed by atoms with van der Waals surface area (Å²) >= 11 is 0. The van der Waals surface area contributed by atoms with Gasteiger partial charge in [-0.25, -0.2) is 0 Å². The van der Waals surface area contributed by atoms with E-state index in [1.807, 2.05) is 51.1 Å². The molecule has 0 spiro atoms. The molecule has 4 aliphatic carbocycles. The number of phenols is 3. The molecule has 16 rings (SSSR count). The molecule has 28 atom stereocenters. The predicted octanol–water partition coefficient (Wildman–Crippen LogP) is 12.2. The van der Waals surface area contributed by atoms with Gasteiger partial charge in [-0.15, -0.1) is 0 Å². The molecule has 29 nitrogen and oxygen atoms in total. The average Bonchev–Trinajstić information content (AvgIpc) is 0.784. The quantitative estimate of drug-likeness (QED) is 0.0227. The Morgan fingerprint density at radius 1 is 0.284 bits per heavy atom. The molecular formula is C112H154O29. The zero-order chi connectivity index (χ0) is 101. The summed E-state index contributed by atoms with van der Waals surface area (Å²) in [5.74, 6) is 1.51. The average molecular weight is 1960 g/mol. The fraction of sp³-hybridized carbons (Fsp3) is 0.571. The van der Waals surface area contributed by atoms with Crippen molar-refractivity contribution in [1.82, 2.24) is 0 Å². The standard InChI is InChI=1S/2C29H40O7.C27H36O7.C26H34O8.CH4/c1-15-7-19-10-21(12-30)23(13-35-29-27(32)18(4)24(31)14-36-29)26(22(19)9-16(15)2)20-8-17(3)28(34-6)25(11-20)33-5;1-16-9-20-11-21(13-32-4)23(14-35-29-28(31)18(3)24(30)15-36-29)27(22(20)10-17(16)2)19-7-8-25(33-5)26(12-19)34-6;1-14-7-18-9-19(11-28)21(12-33-27-26(31)16(3)23(30)13-34-27)25(20(18)8-15(14)2)17-5-6-22(29)24(10-17)32-4;1-13-6-16-7-17(10-27)19(11-33-26-25(31)14(2)22(30)12-34-26)24(18(16)9-21(13)29)15-4-5-20(28)23(8-15)32-3;/h7-9,11,18,21,23-24,26-27,29-32H,10,12-14H2,1-6H3;7-10,12,18,21,23-24,27-31H,11,13-15H2,1-6H3;5-8,10,16,19,21,23,25-31H,9,11-13H2,1-4H3;4-6,8-9,14,17,19,22,24-31H,7,10-12H2,1-3H3;1H4/t;;16-,19+,21+,23+,25+,26+,27+;;/m..0../s1. The molecule has 29 heteroatoms. The lowest BCUT2D eigenvalue weighted by Gasteiger charge is -2.42. The number of aryl methyl sites for hydroxylation is 8. The molecule has 4 fully saturated rings. The lowest BCUT2D eigenvalue weighted by atomic mass is 9.66. The highest BCUT2D eigenvalue weighted by Gasteiger charge is 2.49. The number of phenolic OH excluding ortho intramolecular Hbond substituents is 3. The minimum absolute atomic E-state index is 0. The fourth-order valence-corrected chi connectivity index (χ4v) is 22.0. The Bertz CT molecular complexity index is 5260. The van der Waals surface area contributed by atoms with Crippen molar-refractivity contribution in [1.29, 1.82) is 0 Å². The predicted molar refractivity (Wildman–Crippen MR) is 531 cm³/mol. The Hall–Kier alpha value is -8.84. The molecule has 0 aromatic heterocycles. The van der Waals surface area contributed by atoms with Gasteiger partial charge in [-0.05, 0) is 288 Å². The molecule has 4 aliphatic heterocycles. The Labute approximate surface area is 830 Å². The normalized spacial score (nSPS) is 30.4. The second-order valence-electron chi connectivity index (χ2n) is 40.0. The number of rotatable bonds is 27. The number of benzene rings is 8. The summed E-state index contributed by atoms with van der Waals surface area (Å²) < 4.78 is 85.9. The van der Waals surface area contributed by atoms with Crippen LogP contribution in [-0.4, -0.2) is 275 Å². The van der Waals surface area contributed by atoms with Crippen LogP contribution in [0, 0.1) is 126 Å². The molecule has 0 bridgehead atoms. The van der Waals surface area contributed by atoms with Gasteiger partial charge in [0.2, 0.25) is 0 Å². The lowest BCUT2D eigenvalue weighted by molar-refractivity contribution is -0.259. The fourth-order valence-electron chi connectivity index (χ4n) is 22.0. The highest BCUT2D eigenvalue weighted by atomic mass is 16.7. The summed E-state index contributed by atoms with van der Waals surface area (Å²) in [4.78, 5) is 0. The van der Waals surface area contributed by atoms with Gasteiger partial charge >= 0.3 is 0 Å². The van der Waals surface area contributed by atoms with Gasteiger partial charge in [0.15, 0.2) is 71.2 Å². The maximum absolute atomic E-state index is 10.7. The largest absolute Gasteiger partial charge is 0.508 e. The second-order valence-corrected chi connectivity index (χ2v) is 40.0. The maximum Gasteiger partial charge on any atom is 0.183 e. The van der Waals surface area contributed by atoms with Crippen LogP contribution in [0.15, 0.2) is 115 Å². The molecule has 0 saturated carbocycles. The number of aliphatic hydroxyl groups is 11. The van der Waals surface area contributed by atoms with Crippen LogP contribution in [0.4, 0.5) is 0 Å². The molecule has 776 valence electrons. The summed E-state index contributed by atoms with van der Waals surface area (Å²) in [5, 5.41) is 144. The van der Waals surface area contributed by atoms with Crippen LogP contribution < -0.4 is 28.4 Å². The smallest absolute Gasteiger partial charge is 0.183 e. The SMILES string of the molecule is C.COCC1Cc2cc(C)c(C)cc2C(c2ccc(OC)c(OC)c2)C1COC1OCC(O)C(C)C1O.COc1cc(C2c3cc(C)c(C)cc3CC(CO)C2COC2OCC(O)C(C)C2O)cc(C)c1OC.COc1cc(C2c3cc(O)c(C)cc3CC(CO)C2COC2OCC(O)C(C)C2O)ccc1O.COc1cc([C@@H]2c3cc(C)c(C)cc3C[C@H](CO)[C@H]2CO[C@@H]2OC[C@@H](O)[C@H](C)[C@H]2O)ccc1O. The zero-order valence-corrected chi connectivity index (χ0v) is 84.3. The summed E-state index contributed by atoms with van der Waals surface area (Å²) in [6.07, 6.45) is -7.03. The monoisotopic (exact) mass is 1960 g/mol. The van der Waals surface area contributed by atoms with E-state index in [0.29, 0.717) is 60.7 Å². The number of hydrogen-bond donors (Lipinski definition) is 14. The van der Waals surface area contributed by atoms with E-state index in [-0.39, 0.29) is 173 Å². The highest BCUT2D eigenvalue weighted by Crippen LogP contribution is 2.54. The number of ether oxygens (including phenoxy) is 15. The van der Waals surface area contributed by atoms with Gasteiger partial charge in [0, 0.05) is 80.9 Å². The van der Waals surface area contributed by atoms with Crippen molar-refractivity contribution >= 4 is 0 Å². The topological polar surface area (TPSA) is 422 Å². The van der Waals surface area contributed by atoms with E-state index in [0.717, 1.165) is 63.8 Å². The molecule has 4 heterocycles. The van der Waals surface area contributed by atoms with E-state index < -0.39 is 79.9 Å². The molecule has 8 aliphatic rings. The van der Waals surface area contributed by atoms with Gasteiger partial charge in [0.05, 0.1) is 120 Å². The van der Waals surface area contributed by atoms with Crippen molar-refractivity contribution in [2.45, 2.75) is 214 Å². The van der Waals surface area contributed by atoms with Gasteiger partial charge < -0.3 is 143 Å². The first-order valence-electron chi connectivity index (χ1n) is 49.0. The van der Waals surface area contributed by atoms with Crippen LogP contribution in [0.2, 0.25) is 0 Å². The first-order chi connectivity index (χ1) is 67.0. The van der Waals surface area contributed by atoms with Crippen LogP contribution in [0.3, 0.4) is 0 Å². The van der Waals surface area contributed by atoms with Gasteiger partial charge in [0.1, 0.15) is 30.2 Å². The van der Waals surface area contributed by atoms with E-state index in [1.54, 1.807) is 86.7 Å².